The first kappa shape index (κ1) is 18.6. The summed E-state index contributed by atoms with van der Waals surface area (Å²) in [6.07, 6.45) is 3.12. The number of nitro groups is 1. The number of hydrogen-bond donors (Lipinski definition) is 1. The molecule has 8 heteroatoms. The standard InChI is InChI=1S/C17H22N4O4/c1-2-18-16(22)13-19-9-11-20(12-10-19)17(23)8-5-14-3-6-15(7-4-14)21(24)25/h3-8H,2,9-13H2,1H3,(H,18,22)/b8-5+. The van der Waals surface area contributed by atoms with E-state index in [-0.39, 0.29) is 17.5 Å². The Bertz CT molecular complexity index is 649. The summed E-state index contributed by atoms with van der Waals surface area (Å²) in [6, 6.07) is 6.02. The predicted molar refractivity (Wildman–Crippen MR) is 93.8 cm³/mol. The molecule has 8 nitrogen and oxygen atoms in total. The van der Waals surface area contributed by atoms with Gasteiger partial charge in [-0.05, 0) is 30.7 Å². The summed E-state index contributed by atoms with van der Waals surface area (Å²) in [5.74, 6) is -0.101. The van der Waals surface area contributed by atoms with Crippen LogP contribution in [-0.2, 0) is 9.59 Å². The summed E-state index contributed by atoms with van der Waals surface area (Å²) >= 11 is 0. The van der Waals surface area contributed by atoms with Gasteiger partial charge < -0.3 is 10.2 Å². The molecule has 1 aromatic rings. The lowest BCUT2D eigenvalue weighted by Gasteiger charge is -2.33. The Morgan fingerprint density at radius 1 is 1.20 bits per heavy atom. The third-order valence-electron chi connectivity index (χ3n) is 3.95. The number of amides is 2. The molecule has 1 aliphatic heterocycles. The zero-order chi connectivity index (χ0) is 18.2. The Hall–Kier alpha value is -2.74. The van der Waals surface area contributed by atoms with E-state index >= 15 is 0 Å². The first-order valence-electron chi connectivity index (χ1n) is 8.20. The Morgan fingerprint density at radius 2 is 1.84 bits per heavy atom. The number of likely N-dealkylation sites (N-methyl/N-ethyl adjacent to an activating group) is 1. The molecule has 0 atom stereocenters. The summed E-state index contributed by atoms with van der Waals surface area (Å²) in [5, 5.41) is 13.4. The molecule has 1 saturated heterocycles. The second kappa shape index (κ2) is 8.93. The van der Waals surface area contributed by atoms with E-state index < -0.39 is 4.92 Å². The van der Waals surface area contributed by atoms with Crippen LogP contribution in [0.5, 0.6) is 0 Å². The zero-order valence-electron chi connectivity index (χ0n) is 14.2. The normalized spacial score (nSPS) is 15.3. The van der Waals surface area contributed by atoms with Crippen LogP contribution in [0.15, 0.2) is 30.3 Å². The van der Waals surface area contributed by atoms with E-state index in [2.05, 4.69) is 5.32 Å². The third-order valence-corrected chi connectivity index (χ3v) is 3.95. The van der Waals surface area contributed by atoms with Crippen LogP contribution >= 0.6 is 0 Å². The van der Waals surface area contributed by atoms with Crippen LogP contribution in [0.25, 0.3) is 6.08 Å². The number of benzene rings is 1. The van der Waals surface area contributed by atoms with Crippen molar-refractivity contribution in [3.05, 3.63) is 46.0 Å². The van der Waals surface area contributed by atoms with Gasteiger partial charge in [-0.15, -0.1) is 0 Å². The van der Waals surface area contributed by atoms with Crippen molar-refractivity contribution in [2.45, 2.75) is 6.92 Å². The van der Waals surface area contributed by atoms with Crippen molar-refractivity contribution in [2.75, 3.05) is 39.3 Å². The van der Waals surface area contributed by atoms with E-state index in [1.807, 2.05) is 11.8 Å². The first-order chi connectivity index (χ1) is 12.0. The number of non-ortho nitro benzene ring substituents is 1. The topological polar surface area (TPSA) is 95.8 Å². The minimum absolute atomic E-state index is 0.000318. The van der Waals surface area contributed by atoms with Gasteiger partial charge in [0.1, 0.15) is 0 Å². The summed E-state index contributed by atoms with van der Waals surface area (Å²) in [6.45, 7) is 5.32. The predicted octanol–water partition coefficient (Wildman–Crippen LogP) is 0.888. The van der Waals surface area contributed by atoms with E-state index in [9.17, 15) is 19.7 Å². The molecule has 25 heavy (non-hydrogen) atoms. The Balaban J connectivity index is 1.82. The molecule has 0 unspecified atom stereocenters. The Labute approximate surface area is 146 Å². The Morgan fingerprint density at radius 3 is 2.40 bits per heavy atom. The maximum Gasteiger partial charge on any atom is 0.269 e. The molecule has 0 aliphatic carbocycles. The van der Waals surface area contributed by atoms with Gasteiger partial charge in [0.2, 0.25) is 11.8 Å². The molecular weight excluding hydrogens is 324 g/mol. The fraction of sp³-hybridized carbons (Fsp3) is 0.412. The third kappa shape index (κ3) is 5.68. The average Bonchev–Trinajstić information content (AvgIpc) is 2.61. The molecule has 2 rings (SSSR count). The number of carbonyl (C=O) groups excluding carboxylic acids is 2. The highest BCUT2D eigenvalue weighted by Gasteiger charge is 2.20. The van der Waals surface area contributed by atoms with Gasteiger partial charge in [0.05, 0.1) is 11.5 Å². The zero-order valence-corrected chi connectivity index (χ0v) is 14.2. The van der Waals surface area contributed by atoms with Crippen LogP contribution in [0.4, 0.5) is 5.69 Å². The molecule has 0 aromatic heterocycles. The molecule has 1 N–H and O–H groups in total. The molecular formula is C17H22N4O4. The number of nitrogens with one attached hydrogen (secondary N) is 1. The summed E-state index contributed by atoms with van der Waals surface area (Å²) in [7, 11) is 0. The van der Waals surface area contributed by atoms with Crippen molar-refractivity contribution in [1.82, 2.24) is 15.1 Å². The largest absolute Gasteiger partial charge is 0.355 e. The van der Waals surface area contributed by atoms with Gasteiger partial charge in [-0.3, -0.25) is 24.6 Å². The number of rotatable bonds is 6. The van der Waals surface area contributed by atoms with Crippen LogP contribution in [0.3, 0.4) is 0 Å². The number of nitro benzene ring substituents is 1. The summed E-state index contributed by atoms with van der Waals surface area (Å²) in [4.78, 5) is 37.7. The lowest BCUT2D eigenvalue weighted by atomic mass is 10.2. The van der Waals surface area contributed by atoms with E-state index in [0.29, 0.717) is 39.3 Å². The lowest BCUT2D eigenvalue weighted by Crippen LogP contribution is -2.50. The monoisotopic (exact) mass is 346 g/mol. The van der Waals surface area contributed by atoms with Crippen molar-refractivity contribution < 1.29 is 14.5 Å². The molecule has 1 fully saturated rings. The molecule has 2 amide bonds. The van der Waals surface area contributed by atoms with E-state index in [4.69, 9.17) is 0 Å². The quantitative estimate of drug-likeness (QED) is 0.469. The summed E-state index contributed by atoms with van der Waals surface area (Å²) in [5.41, 5.74) is 0.750. The van der Waals surface area contributed by atoms with Crippen molar-refractivity contribution >= 4 is 23.6 Å². The van der Waals surface area contributed by atoms with Crippen LogP contribution in [0, 0.1) is 10.1 Å². The lowest BCUT2D eigenvalue weighted by molar-refractivity contribution is -0.384. The van der Waals surface area contributed by atoms with E-state index in [0.717, 1.165) is 5.56 Å². The van der Waals surface area contributed by atoms with Crippen molar-refractivity contribution in [3.63, 3.8) is 0 Å². The molecule has 0 radical (unpaired) electrons. The van der Waals surface area contributed by atoms with Gasteiger partial charge in [-0.25, -0.2) is 0 Å². The second-order valence-electron chi connectivity index (χ2n) is 5.74. The molecule has 0 spiro atoms. The van der Waals surface area contributed by atoms with Gasteiger partial charge in [0, 0.05) is 50.9 Å². The fourth-order valence-electron chi connectivity index (χ4n) is 2.56. The van der Waals surface area contributed by atoms with E-state index in [1.54, 1.807) is 23.1 Å². The van der Waals surface area contributed by atoms with Crippen molar-refractivity contribution in [1.29, 1.82) is 0 Å². The maximum absolute atomic E-state index is 12.2. The van der Waals surface area contributed by atoms with Crippen LogP contribution in [0.2, 0.25) is 0 Å². The molecule has 0 saturated carbocycles. The average molecular weight is 346 g/mol. The molecule has 1 aromatic carbocycles. The molecule has 1 aliphatic rings. The highest BCUT2D eigenvalue weighted by molar-refractivity contribution is 5.91. The molecule has 0 bridgehead atoms. The van der Waals surface area contributed by atoms with Crippen LogP contribution in [-0.4, -0.2) is 65.8 Å². The minimum atomic E-state index is -0.459. The number of hydrogen-bond acceptors (Lipinski definition) is 5. The molecule has 1 heterocycles. The number of carbonyl (C=O) groups is 2. The van der Waals surface area contributed by atoms with Gasteiger partial charge in [0.15, 0.2) is 0 Å². The minimum Gasteiger partial charge on any atom is -0.355 e. The number of piperazine rings is 1. The van der Waals surface area contributed by atoms with Gasteiger partial charge in [-0.2, -0.15) is 0 Å². The second-order valence-corrected chi connectivity index (χ2v) is 5.74. The SMILES string of the molecule is CCNC(=O)CN1CCN(C(=O)/C=C/c2ccc([N+](=O)[O-])cc2)CC1. The Kier molecular flexibility index (Phi) is 6.64. The van der Waals surface area contributed by atoms with Gasteiger partial charge >= 0.3 is 0 Å². The number of nitrogens with zero attached hydrogens (tertiary/aromatic N) is 3. The van der Waals surface area contributed by atoms with Gasteiger partial charge in [-0.1, -0.05) is 0 Å². The highest BCUT2D eigenvalue weighted by Crippen LogP contribution is 2.13. The maximum atomic E-state index is 12.2. The van der Waals surface area contributed by atoms with Gasteiger partial charge in [0.25, 0.3) is 5.69 Å². The van der Waals surface area contributed by atoms with Crippen LogP contribution in [0.1, 0.15) is 12.5 Å². The van der Waals surface area contributed by atoms with Crippen LogP contribution < -0.4 is 5.32 Å². The highest BCUT2D eigenvalue weighted by atomic mass is 16.6. The first-order valence-corrected chi connectivity index (χ1v) is 8.20. The van der Waals surface area contributed by atoms with Crippen molar-refractivity contribution in [2.24, 2.45) is 0 Å². The fourth-order valence-corrected chi connectivity index (χ4v) is 2.56. The molecule has 134 valence electrons. The van der Waals surface area contributed by atoms with Crippen molar-refractivity contribution in [3.8, 4) is 0 Å². The summed E-state index contributed by atoms with van der Waals surface area (Å²) < 4.78 is 0. The van der Waals surface area contributed by atoms with E-state index in [1.165, 1.54) is 18.2 Å². The smallest absolute Gasteiger partial charge is 0.269 e.